The second-order valence-corrected chi connectivity index (χ2v) is 5.40. The Morgan fingerprint density at radius 1 is 1.35 bits per heavy atom. The fraction of sp³-hybridized carbons (Fsp3) is 0.923. The summed E-state index contributed by atoms with van der Waals surface area (Å²) in [4.78, 5) is 12.2. The SMILES string of the molecule is COC1CCCC1NC(=O)C1CCNC(C)C1. The monoisotopic (exact) mass is 240 g/mol. The van der Waals surface area contributed by atoms with Crippen LogP contribution in [0.3, 0.4) is 0 Å². The third kappa shape index (κ3) is 3.19. The number of methoxy groups -OCH3 is 1. The standard InChI is InChI=1S/C13H24N2O2/c1-9-8-10(6-7-14-9)13(16)15-11-4-3-5-12(11)17-2/h9-12,14H,3-8H2,1-2H3,(H,15,16). The van der Waals surface area contributed by atoms with Gasteiger partial charge in [0, 0.05) is 19.1 Å². The molecule has 4 unspecified atom stereocenters. The first kappa shape index (κ1) is 12.8. The topological polar surface area (TPSA) is 50.4 Å². The Kier molecular flexibility index (Phi) is 4.40. The van der Waals surface area contributed by atoms with E-state index in [-0.39, 0.29) is 24.0 Å². The Labute approximate surface area is 103 Å². The Bertz CT molecular complexity index is 270. The zero-order valence-corrected chi connectivity index (χ0v) is 10.9. The van der Waals surface area contributed by atoms with Crippen LogP contribution in [0, 0.1) is 5.92 Å². The van der Waals surface area contributed by atoms with Crippen LogP contribution in [0.4, 0.5) is 0 Å². The van der Waals surface area contributed by atoms with Gasteiger partial charge in [-0.05, 0) is 45.6 Å². The number of amides is 1. The van der Waals surface area contributed by atoms with E-state index in [1.165, 1.54) is 0 Å². The highest BCUT2D eigenvalue weighted by Gasteiger charge is 2.31. The van der Waals surface area contributed by atoms with Crippen LogP contribution in [0.15, 0.2) is 0 Å². The van der Waals surface area contributed by atoms with Crippen molar-refractivity contribution in [1.29, 1.82) is 0 Å². The number of carbonyl (C=O) groups excluding carboxylic acids is 1. The average molecular weight is 240 g/mol. The van der Waals surface area contributed by atoms with Gasteiger partial charge in [0.25, 0.3) is 0 Å². The summed E-state index contributed by atoms with van der Waals surface area (Å²) in [6.07, 6.45) is 5.43. The molecule has 2 fully saturated rings. The molecular formula is C13H24N2O2. The first-order valence-electron chi connectivity index (χ1n) is 6.77. The summed E-state index contributed by atoms with van der Waals surface area (Å²) >= 11 is 0. The molecule has 0 radical (unpaired) electrons. The van der Waals surface area contributed by atoms with Crippen LogP contribution in [0.1, 0.15) is 39.0 Å². The highest BCUT2D eigenvalue weighted by Crippen LogP contribution is 2.23. The van der Waals surface area contributed by atoms with Gasteiger partial charge in [0.2, 0.25) is 5.91 Å². The lowest BCUT2D eigenvalue weighted by atomic mass is 9.92. The molecule has 4 atom stereocenters. The van der Waals surface area contributed by atoms with E-state index in [1.54, 1.807) is 7.11 Å². The maximum absolute atomic E-state index is 12.2. The fourth-order valence-electron chi connectivity index (χ4n) is 3.04. The zero-order valence-electron chi connectivity index (χ0n) is 10.9. The van der Waals surface area contributed by atoms with Gasteiger partial charge in [-0.15, -0.1) is 0 Å². The van der Waals surface area contributed by atoms with E-state index < -0.39 is 0 Å². The van der Waals surface area contributed by atoms with Gasteiger partial charge in [0.15, 0.2) is 0 Å². The lowest BCUT2D eigenvalue weighted by Crippen LogP contribution is -2.47. The molecule has 4 nitrogen and oxygen atoms in total. The lowest BCUT2D eigenvalue weighted by molar-refractivity contribution is -0.127. The molecular weight excluding hydrogens is 216 g/mol. The molecule has 0 aromatic rings. The molecule has 2 aliphatic rings. The van der Waals surface area contributed by atoms with Gasteiger partial charge in [0.1, 0.15) is 0 Å². The van der Waals surface area contributed by atoms with Gasteiger partial charge < -0.3 is 15.4 Å². The Morgan fingerprint density at radius 2 is 2.18 bits per heavy atom. The van der Waals surface area contributed by atoms with Crippen molar-refractivity contribution < 1.29 is 9.53 Å². The third-order valence-electron chi connectivity index (χ3n) is 4.08. The molecule has 1 aliphatic heterocycles. The van der Waals surface area contributed by atoms with Gasteiger partial charge >= 0.3 is 0 Å². The Morgan fingerprint density at radius 3 is 2.88 bits per heavy atom. The van der Waals surface area contributed by atoms with Crippen molar-refractivity contribution in [3.05, 3.63) is 0 Å². The van der Waals surface area contributed by atoms with Crippen LogP contribution in [0.25, 0.3) is 0 Å². The number of nitrogens with one attached hydrogen (secondary N) is 2. The van der Waals surface area contributed by atoms with Gasteiger partial charge in [-0.2, -0.15) is 0 Å². The molecule has 0 bridgehead atoms. The predicted molar refractivity (Wildman–Crippen MR) is 66.8 cm³/mol. The maximum atomic E-state index is 12.2. The Balaban J connectivity index is 1.83. The second-order valence-electron chi connectivity index (χ2n) is 5.40. The van der Waals surface area contributed by atoms with Gasteiger partial charge in [0.05, 0.1) is 12.1 Å². The van der Waals surface area contributed by atoms with Crippen molar-refractivity contribution in [2.24, 2.45) is 5.92 Å². The van der Waals surface area contributed by atoms with E-state index in [9.17, 15) is 4.79 Å². The van der Waals surface area contributed by atoms with Crippen molar-refractivity contribution >= 4 is 5.91 Å². The molecule has 0 aromatic carbocycles. The highest BCUT2D eigenvalue weighted by molar-refractivity contribution is 5.79. The molecule has 1 saturated carbocycles. The van der Waals surface area contributed by atoms with E-state index in [2.05, 4.69) is 17.6 Å². The summed E-state index contributed by atoms with van der Waals surface area (Å²) in [6.45, 7) is 3.10. The number of rotatable bonds is 3. The zero-order chi connectivity index (χ0) is 12.3. The molecule has 1 heterocycles. The summed E-state index contributed by atoms with van der Waals surface area (Å²) < 4.78 is 5.41. The van der Waals surface area contributed by atoms with Crippen molar-refractivity contribution in [1.82, 2.24) is 10.6 Å². The molecule has 1 aliphatic carbocycles. The van der Waals surface area contributed by atoms with E-state index in [4.69, 9.17) is 4.74 Å². The van der Waals surface area contributed by atoms with E-state index >= 15 is 0 Å². The fourth-order valence-corrected chi connectivity index (χ4v) is 3.04. The maximum Gasteiger partial charge on any atom is 0.223 e. The molecule has 98 valence electrons. The van der Waals surface area contributed by atoms with Crippen molar-refractivity contribution in [3.8, 4) is 0 Å². The molecule has 2 N–H and O–H groups in total. The molecule has 0 aromatic heterocycles. The summed E-state index contributed by atoms with van der Waals surface area (Å²) in [5.74, 6) is 0.414. The van der Waals surface area contributed by atoms with Crippen LogP contribution in [-0.4, -0.2) is 37.7 Å². The summed E-state index contributed by atoms with van der Waals surface area (Å²) in [7, 11) is 1.74. The van der Waals surface area contributed by atoms with Crippen molar-refractivity contribution in [3.63, 3.8) is 0 Å². The normalized spacial score (nSPS) is 38.0. The summed E-state index contributed by atoms with van der Waals surface area (Å²) in [5, 5.41) is 6.55. The molecule has 0 spiro atoms. The number of carbonyl (C=O) groups is 1. The first-order chi connectivity index (χ1) is 8.20. The van der Waals surface area contributed by atoms with Crippen LogP contribution >= 0.6 is 0 Å². The molecule has 1 amide bonds. The largest absolute Gasteiger partial charge is 0.379 e. The van der Waals surface area contributed by atoms with E-state index in [0.29, 0.717) is 6.04 Å². The van der Waals surface area contributed by atoms with E-state index in [0.717, 1.165) is 38.6 Å². The number of hydrogen-bond acceptors (Lipinski definition) is 3. The van der Waals surface area contributed by atoms with Crippen LogP contribution in [0.5, 0.6) is 0 Å². The summed E-state index contributed by atoms with van der Waals surface area (Å²) in [6, 6.07) is 0.694. The second kappa shape index (κ2) is 5.83. The lowest BCUT2D eigenvalue weighted by Gasteiger charge is -2.29. The van der Waals surface area contributed by atoms with Crippen molar-refractivity contribution in [2.45, 2.75) is 57.2 Å². The Hall–Kier alpha value is -0.610. The minimum atomic E-state index is 0.185. The molecule has 4 heteroatoms. The predicted octanol–water partition coefficient (Wildman–Crippen LogP) is 1.06. The van der Waals surface area contributed by atoms with Crippen molar-refractivity contribution in [2.75, 3.05) is 13.7 Å². The smallest absolute Gasteiger partial charge is 0.223 e. The molecule has 2 rings (SSSR count). The summed E-state index contributed by atoms with van der Waals surface area (Å²) in [5.41, 5.74) is 0. The van der Waals surface area contributed by atoms with Crippen LogP contribution in [0.2, 0.25) is 0 Å². The minimum absolute atomic E-state index is 0.185. The quantitative estimate of drug-likeness (QED) is 0.775. The minimum Gasteiger partial charge on any atom is -0.379 e. The highest BCUT2D eigenvalue weighted by atomic mass is 16.5. The van der Waals surface area contributed by atoms with Crippen LogP contribution in [-0.2, 0) is 9.53 Å². The third-order valence-corrected chi connectivity index (χ3v) is 4.08. The number of piperidine rings is 1. The van der Waals surface area contributed by atoms with Crippen LogP contribution < -0.4 is 10.6 Å². The molecule has 1 saturated heterocycles. The number of ether oxygens (including phenoxy) is 1. The van der Waals surface area contributed by atoms with Gasteiger partial charge in [-0.3, -0.25) is 4.79 Å². The average Bonchev–Trinajstić information content (AvgIpc) is 2.76. The van der Waals surface area contributed by atoms with E-state index in [1.807, 2.05) is 0 Å². The molecule has 17 heavy (non-hydrogen) atoms. The van der Waals surface area contributed by atoms with Gasteiger partial charge in [-0.1, -0.05) is 0 Å². The number of hydrogen-bond donors (Lipinski definition) is 2. The first-order valence-corrected chi connectivity index (χ1v) is 6.77. The van der Waals surface area contributed by atoms with Gasteiger partial charge in [-0.25, -0.2) is 0 Å².